The van der Waals surface area contributed by atoms with Crippen molar-refractivity contribution in [1.82, 2.24) is 4.90 Å². The Morgan fingerprint density at radius 3 is 2.44 bits per heavy atom. The molecule has 2 aliphatic heterocycles. The highest BCUT2D eigenvalue weighted by molar-refractivity contribution is 6.32. The predicted octanol–water partition coefficient (Wildman–Crippen LogP) is 5.96. The Morgan fingerprint density at radius 1 is 1.08 bits per heavy atom. The molecule has 2 aromatic carbocycles. The molecule has 4 rings (SSSR count). The van der Waals surface area contributed by atoms with Gasteiger partial charge in [-0.25, -0.2) is 18.4 Å². The van der Waals surface area contributed by atoms with Crippen molar-refractivity contribution >= 4 is 29.2 Å². The normalized spacial score (nSPS) is 19.1. The molecule has 1 fully saturated rings. The van der Waals surface area contributed by atoms with Crippen LogP contribution in [0.1, 0.15) is 44.7 Å². The van der Waals surface area contributed by atoms with Crippen molar-refractivity contribution in [3.8, 4) is 5.75 Å². The number of nitrogens with zero attached hydrogens (tertiary/aromatic N) is 1. The molecule has 2 bridgehead atoms. The number of esters is 1. The summed E-state index contributed by atoms with van der Waals surface area (Å²) >= 11 is 5.81. The summed E-state index contributed by atoms with van der Waals surface area (Å²) in [5.74, 6) is -2.26. The standard InChI is InChI=1S/C29H32ClF2NO6/c1-29(2,3)39-28(35)33-19-14-20(24(27(34)36-4)23(33)16-37-15-19)18-9-7-17(8-10-18)6-5-13-38-26-22(32)12-11-21(31)25(26)30/h7-12,19,23H,5-6,13-16H2,1-4H3. The minimum absolute atomic E-state index is 0.156. The van der Waals surface area contributed by atoms with Gasteiger partial charge >= 0.3 is 12.1 Å². The molecule has 0 spiro atoms. The van der Waals surface area contributed by atoms with Gasteiger partial charge in [0, 0.05) is 0 Å². The SMILES string of the molecule is COC(=O)C1=C(c2ccc(CCCOc3c(F)ccc(F)c3Cl)cc2)CC2COCC1N2C(=O)OC(C)(C)C. The van der Waals surface area contributed by atoms with Crippen LogP contribution >= 0.6 is 11.6 Å². The molecular formula is C29H32ClF2NO6. The highest BCUT2D eigenvalue weighted by atomic mass is 35.5. The number of hydrogen-bond donors (Lipinski definition) is 0. The highest BCUT2D eigenvalue weighted by Crippen LogP contribution is 2.39. The molecule has 2 unspecified atom stereocenters. The summed E-state index contributed by atoms with van der Waals surface area (Å²) in [6.07, 6.45) is 1.10. The number of benzene rings is 2. The Balaban J connectivity index is 1.49. The van der Waals surface area contributed by atoms with Gasteiger partial charge in [0.15, 0.2) is 11.6 Å². The Morgan fingerprint density at radius 2 is 1.77 bits per heavy atom. The summed E-state index contributed by atoms with van der Waals surface area (Å²) in [5, 5.41) is -0.373. The lowest BCUT2D eigenvalue weighted by Gasteiger charge is -2.46. The number of rotatable bonds is 7. The topological polar surface area (TPSA) is 74.3 Å². The summed E-state index contributed by atoms with van der Waals surface area (Å²) < 4.78 is 49.3. The van der Waals surface area contributed by atoms with Gasteiger partial charge in [-0.05, 0) is 68.9 Å². The van der Waals surface area contributed by atoms with E-state index in [9.17, 15) is 18.4 Å². The van der Waals surface area contributed by atoms with E-state index in [-0.39, 0.29) is 30.0 Å². The quantitative estimate of drug-likeness (QED) is 0.235. The molecule has 39 heavy (non-hydrogen) atoms. The molecule has 1 amide bonds. The van der Waals surface area contributed by atoms with Gasteiger partial charge in [0.05, 0.1) is 44.6 Å². The number of morpholine rings is 1. The van der Waals surface area contributed by atoms with Crippen molar-refractivity contribution in [3.63, 3.8) is 0 Å². The van der Waals surface area contributed by atoms with E-state index in [1.807, 2.05) is 24.3 Å². The van der Waals surface area contributed by atoms with Gasteiger partial charge in [-0.1, -0.05) is 35.9 Å². The number of aryl methyl sites for hydroxylation is 1. The minimum Gasteiger partial charge on any atom is -0.489 e. The van der Waals surface area contributed by atoms with Crippen LogP contribution in [0.5, 0.6) is 5.75 Å². The van der Waals surface area contributed by atoms with E-state index in [2.05, 4.69) is 0 Å². The van der Waals surface area contributed by atoms with Crippen molar-refractivity contribution in [1.29, 1.82) is 0 Å². The smallest absolute Gasteiger partial charge is 0.411 e. The van der Waals surface area contributed by atoms with E-state index >= 15 is 0 Å². The number of carbonyl (C=O) groups is 2. The van der Waals surface area contributed by atoms with Gasteiger partial charge in [0.1, 0.15) is 16.4 Å². The van der Waals surface area contributed by atoms with Crippen LogP contribution in [-0.4, -0.2) is 61.6 Å². The molecular weight excluding hydrogens is 532 g/mol. The first kappa shape index (κ1) is 28.8. The Hall–Kier alpha value is -3.17. The molecule has 0 N–H and O–H groups in total. The Labute approximate surface area is 231 Å². The number of amides is 1. The lowest BCUT2D eigenvalue weighted by Crippen LogP contribution is -2.59. The van der Waals surface area contributed by atoms with Gasteiger partial charge in [-0.2, -0.15) is 0 Å². The first-order chi connectivity index (χ1) is 18.5. The van der Waals surface area contributed by atoms with E-state index in [0.717, 1.165) is 28.8 Å². The average molecular weight is 564 g/mol. The summed E-state index contributed by atoms with van der Waals surface area (Å²) in [7, 11) is 1.31. The second-order valence-electron chi connectivity index (χ2n) is 10.5. The lowest BCUT2D eigenvalue weighted by atomic mass is 9.83. The van der Waals surface area contributed by atoms with E-state index < -0.39 is 35.3 Å². The van der Waals surface area contributed by atoms with Gasteiger partial charge in [0.25, 0.3) is 0 Å². The molecule has 0 aromatic heterocycles. The van der Waals surface area contributed by atoms with Crippen LogP contribution in [0, 0.1) is 11.6 Å². The first-order valence-corrected chi connectivity index (χ1v) is 13.1. The lowest BCUT2D eigenvalue weighted by molar-refractivity contribution is -0.138. The molecule has 0 aliphatic carbocycles. The molecule has 7 nitrogen and oxygen atoms in total. The van der Waals surface area contributed by atoms with Crippen LogP contribution in [0.2, 0.25) is 5.02 Å². The maximum Gasteiger partial charge on any atom is 0.411 e. The van der Waals surface area contributed by atoms with Crippen LogP contribution in [-0.2, 0) is 25.4 Å². The molecule has 2 atom stereocenters. The van der Waals surface area contributed by atoms with Crippen molar-refractivity contribution in [2.75, 3.05) is 26.9 Å². The van der Waals surface area contributed by atoms with Crippen LogP contribution in [0.25, 0.3) is 5.57 Å². The summed E-state index contributed by atoms with van der Waals surface area (Å²) in [6.45, 7) is 6.05. The molecule has 10 heteroatoms. The second-order valence-corrected chi connectivity index (χ2v) is 10.9. The number of hydrogen-bond acceptors (Lipinski definition) is 6. The maximum atomic E-state index is 13.9. The van der Waals surface area contributed by atoms with Crippen LogP contribution in [0.15, 0.2) is 42.0 Å². The molecule has 2 heterocycles. The maximum absolute atomic E-state index is 13.9. The number of halogens is 3. The van der Waals surface area contributed by atoms with Crippen molar-refractivity contribution in [3.05, 3.63) is 69.8 Å². The highest BCUT2D eigenvalue weighted by Gasteiger charge is 2.46. The molecule has 1 saturated heterocycles. The zero-order valence-corrected chi connectivity index (χ0v) is 23.1. The predicted molar refractivity (Wildman–Crippen MR) is 142 cm³/mol. The number of fused-ring (bicyclic) bond motifs is 2. The third-order valence-corrected chi connectivity index (χ3v) is 6.94. The monoisotopic (exact) mass is 563 g/mol. The Kier molecular flexibility index (Phi) is 8.81. The average Bonchev–Trinajstić information content (AvgIpc) is 2.88. The van der Waals surface area contributed by atoms with E-state index in [4.69, 9.17) is 30.5 Å². The zero-order chi connectivity index (χ0) is 28.3. The van der Waals surface area contributed by atoms with Crippen LogP contribution in [0.4, 0.5) is 13.6 Å². The fraction of sp³-hybridized carbons (Fsp3) is 0.448. The second kappa shape index (κ2) is 11.9. The van der Waals surface area contributed by atoms with Gasteiger partial charge in [0.2, 0.25) is 0 Å². The molecule has 2 aliphatic rings. The van der Waals surface area contributed by atoms with Gasteiger partial charge in [-0.3, -0.25) is 4.90 Å². The number of ether oxygens (including phenoxy) is 4. The third-order valence-electron chi connectivity index (χ3n) is 6.58. The third kappa shape index (κ3) is 6.53. The van der Waals surface area contributed by atoms with Crippen molar-refractivity contribution in [2.45, 2.75) is 57.7 Å². The fourth-order valence-electron chi connectivity index (χ4n) is 4.85. The van der Waals surface area contributed by atoms with Crippen LogP contribution in [0.3, 0.4) is 0 Å². The van der Waals surface area contributed by atoms with Gasteiger partial charge < -0.3 is 18.9 Å². The van der Waals surface area contributed by atoms with Crippen molar-refractivity contribution in [2.24, 2.45) is 0 Å². The first-order valence-electron chi connectivity index (χ1n) is 12.8. The van der Waals surface area contributed by atoms with Gasteiger partial charge in [-0.15, -0.1) is 0 Å². The molecule has 2 aromatic rings. The molecule has 210 valence electrons. The molecule has 0 saturated carbocycles. The number of carbonyl (C=O) groups excluding carboxylic acids is 2. The summed E-state index contributed by atoms with van der Waals surface area (Å²) in [6, 6.07) is 8.77. The summed E-state index contributed by atoms with van der Waals surface area (Å²) in [4.78, 5) is 27.6. The van der Waals surface area contributed by atoms with E-state index in [1.54, 1.807) is 25.7 Å². The molecule has 0 radical (unpaired) electrons. The van der Waals surface area contributed by atoms with Crippen LogP contribution < -0.4 is 4.74 Å². The largest absolute Gasteiger partial charge is 0.489 e. The Bertz CT molecular complexity index is 1260. The fourth-order valence-corrected chi connectivity index (χ4v) is 5.06. The van der Waals surface area contributed by atoms with Crippen molar-refractivity contribution < 1.29 is 37.3 Å². The van der Waals surface area contributed by atoms with E-state index in [0.29, 0.717) is 31.4 Å². The minimum atomic E-state index is -0.739. The summed E-state index contributed by atoms with van der Waals surface area (Å²) in [5.41, 5.74) is 2.37. The zero-order valence-electron chi connectivity index (χ0n) is 22.4. The van der Waals surface area contributed by atoms with E-state index in [1.165, 1.54) is 7.11 Å². The number of methoxy groups -OCH3 is 1.